The molecule has 0 amide bonds. The van der Waals surface area contributed by atoms with Gasteiger partial charge in [0.2, 0.25) is 0 Å². The molecule has 0 saturated carbocycles. The number of nitrogens with two attached hydrogens (primary N) is 1. The van der Waals surface area contributed by atoms with E-state index in [0.29, 0.717) is 0 Å². The topological polar surface area (TPSA) is 52.5 Å². The molecule has 0 radical (unpaired) electrons. The normalized spacial score (nSPS) is 12.5. The summed E-state index contributed by atoms with van der Waals surface area (Å²) in [5, 5.41) is 0. The SMILES string of the molecule is C[C@@H](N)c1ccc(OCc2cn3ccccc3n2)c(F)c1. The van der Waals surface area contributed by atoms with E-state index in [2.05, 4.69) is 4.98 Å². The van der Waals surface area contributed by atoms with Crippen LogP contribution in [-0.2, 0) is 6.61 Å². The maximum absolute atomic E-state index is 13.9. The average molecular weight is 285 g/mol. The van der Waals surface area contributed by atoms with Crippen LogP contribution >= 0.6 is 0 Å². The lowest BCUT2D eigenvalue weighted by Crippen LogP contribution is -2.06. The molecule has 0 aliphatic carbocycles. The highest BCUT2D eigenvalue weighted by molar-refractivity contribution is 5.39. The van der Waals surface area contributed by atoms with Gasteiger partial charge in [-0.1, -0.05) is 12.1 Å². The van der Waals surface area contributed by atoms with E-state index in [4.69, 9.17) is 10.5 Å². The zero-order valence-electron chi connectivity index (χ0n) is 11.7. The Morgan fingerprint density at radius 1 is 1.33 bits per heavy atom. The highest BCUT2D eigenvalue weighted by Gasteiger charge is 2.08. The predicted molar refractivity (Wildman–Crippen MR) is 78.5 cm³/mol. The lowest BCUT2D eigenvalue weighted by molar-refractivity contribution is 0.286. The van der Waals surface area contributed by atoms with Crippen molar-refractivity contribution in [1.29, 1.82) is 0 Å². The van der Waals surface area contributed by atoms with Crippen LogP contribution in [0.15, 0.2) is 48.8 Å². The minimum atomic E-state index is -0.409. The fraction of sp³-hybridized carbons (Fsp3) is 0.188. The van der Waals surface area contributed by atoms with Gasteiger partial charge in [-0.05, 0) is 36.8 Å². The number of hydrogen-bond donors (Lipinski definition) is 1. The number of ether oxygens (including phenoxy) is 1. The van der Waals surface area contributed by atoms with Crippen LogP contribution in [0.25, 0.3) is 5.65 Å². The Labute approximate surface area is 122 Å². The number of benzene rings is 1. The van der Waals surface area contributed by atoms with Crippen molar-refractivity contribution < 1.29 is 9.13 Å². The molecule has 0 saturated heterocycles. The zero-order valence-corrected chi connectivity index (χ0v) is 11.7. The van der Waals surface area contributed by atoms with Gasteiger partial charge < -0.3 is 14.9 Å². The molecule has 0 aliphatic rings. The number of hydrogen-bond acceptors (Lipinski definition) is 3. The van der Waals surface area contributed by atoms with Crippen molar-refractivity contribution in [3.63, 3.8) is 0 Å². The molecule has 1 aromatic carbocycles. The van der Waals surface area contributed by atoms with Gasteiger partial charge in [0.1, 0.15) is 12.3 Å². The number of rotatable bonds is 4. The summed E-state index contributed by atoms with van der Waals surface area (Å²) in [5.74, 6) is -0.204. The van der Waals surface area contributed by atoms with Crippen LogP contribution in [0.1, 0.15) is 24.2 Å². The highest BCUT2D eigenvalue weighted by atomic mass is 19.1. The molecule has 108 valence electrons. The summed E-state index contributed by atoms with van der Waals surface area (Å²) in [6.07, 6.45) is 3.77. The van der Waals surface area contributed by atoms with Crippen molar-refractivity contribution in [2.24, 2.45) is 5.73 Å². The van der Waals surface area contributed by atoms with Crippen LogP contribution in [0.3, 0.4) is 0 Å². The Kier molecular flexibility index (Phi) is 3.58. The molecule has 2 aromatic heterocycles. The lowest BCUT2D eigenvalue weighted by Gasteiger charge is -2.09. The van der Waals surface area contributed by atoms with Gasteiger partial charge in [-0.15, -0.1) is 0 Å². The Balaban J connectivity index is 1.75. The van der Waals surface area contributed by atoms with Gasteiger partial charge in [-0.2, -0.15) is 0 Å². The molecular weight excluding hydrogens is 269 g/mol. The monoisotopic (exact) mass is 285 g/mol. The van der Waals surface area contributed by atoms with E-state index in [1.165, 1.54) is 6.07 Å². The first-order valence-corrected chi connectivity index (χ1v) is 6.74. The van der Waals surface area contributed by atoms with Crippen molar-refractivity contribution in [2.75, 3.05) is 0 Å². The molecule has 5 heteroatoms. The van der Waals surface area contributed by atoms with Crippen LogP contribution in [-0.4, -0.2) is 9.38 Å². The van der Waals surface area contributed by atoms with E-state index in [-0.39, 0.29) is 18.4 Å². The summed E-state index contributed by atoms with van der Waals surface area (Å²) in [7, 11) is 0. The third kappa shape index (κ3) is 2.87. The number of pyridine rings is 1. The zero-order chi connectivity index (χ0) is 14.8. The van der Waals surface area contributed by atoms with Gasteiger partial charge in [-0.3, -0.25) is 0 Å². The van der Waals surface area contributed by atoms with Gasteiger partial charge in [0.05, 0.1) is 5.69 Å². The first-order valence-electron chi connectivity index (χ1n) is 6.74. The van der Waals surface area contributed by atoms with E-state index >= 15 is 0 Å². The Bertz CT molecular complexity index is 734. The van der Waals surface area contributed by atoms with E-state index in [9.17, 15) is 4.39 Å². The van der Waals surface area contributed by atoms with Crippen LogP contribution in [0.4, 0.5) is 4.39 Å². The fourth-order valence-electron chi connectivity index (χ4n) is 2.13. The Hall–Kier alpha value is -2.40. The molecule has 0 spiro atoms. The second-order valence-electron chi connectivity index (χ2n) is 4.97. The summed E-state index contributed by atoms with van der Waals surface area (Å²) in [6, 6.07) is 10.3. The molecule has 2 heterocycles. The van der Waals surface area contributed by atoms with Gasteiger partial charge in [0.15, 0.2) is 11.6 Å². The third-order valence-corrected chi connectivity index (χ3v) is 3.27. The van der Waals surface area contributed by atoms with Gasteiger partial charge in [-0.25, -0.2) is 9.37 Å². The standard InChI is InChI=1S/C16H16FN3O/c1-11(18)12-5-6-15(14(17)8-12)21-10-13-9-20-7-3-2-4-16(20)19-13/h2-9,11H,10,18H2,1H3/t11-/m1/s1. The van der Waals surface area contributed by atoms with Crippen LogP contribution in [0.2, 0.25) is 0 Å². The maximum Gasteiger partial charge on any atom is 0.165 e. The summed E-state index contributed by atoms with van der Waals surface area (Å²) < 4.78 is 21.3. The first-order chi connectivity index (χ1) is 10.1. The smallest absolute Gasteiger partial charge is 0.165 e. The van der Waals surface area contributed by atoms with Crippen molar-refractivity contribution >= 4 is 5.65 Å². The maximum atomic E-state index is 13.9. The summed E-state index contributed by atoms with van der Waals surface area (Å²) >= 11 is 0. The summed E-state index contributed by atoms with van der Waals surface area (Å²) in [4.78, 5) is 4.40. The second-order valence-corrected chi connectivity index (χ2v) is 4.97. The van der Waals surface area contributed by atoms with E-state index in [1.54, 1.807) is 12.1 Å². The molecule has 0 aliphatic heterocycles. The molecule has 3 aromatic rings. The summed E-state index contributed by atoms with van der Waals surface area (Å²) in [6.45, 7) is 2.03. The predicted octanol–water partition coefficient (Wildman–Crippen LogP) is 3.07. The van der Waals surface area contributed by atoms with Crippen molar-refractivity contribution in [2.45, 2.75) is 19.6 Å². The van der Waals surface area contributed by atoms with Crippen LogP contribution in [0.5, 0.6) is 5.75 Å². The Morgan fingerprint density at radius 3 is 2.90 bits per heavy atom. The van der Waals surface area contributed by atoms with Crippen molar-refractivity contribution in [1.82, 2.24) is 9.38 Å². The molecule has 4 nitrogen and oxygen atoms in total. The molecule has 0 fully saturated rings. The van der Waals surface area contributed by atoms with E-state index in [0.717, 1.165) is 16.9 Å². The highest BCUT2D eigenvalue weighted by Crippen LogP contribution is 2.22. The van der Waals surface area contributed by atoms with Gasteiger partial charge in [0.25, 0.3) is 0 Å². The molecule has 0 unspecified atom stereocenters. The molecule has 21 heavy (non-hydrogen) atoms. The number of halogens is 1. The Morgan fingerprint density at radius 2 is 2.19 bits per heavy atom. The molecule has 3 rings (SSSR count). The van der Waals surface area contributed by atoms with Gasteiger partial charge in [0, 0.05) is 18.4 Å². The van der Waals surface area contributed by atoms with Crippen molar-refractivity contribution in [3.05, 3.63) is 65.9 Å². The fourth-order valence-corrected chi connectivity index (χ4v) is 2.13. The van der Waals surface area contributed by atoms with Crippen LogP contribution < -0.4 is 10.5 Å². The third-order valence-electron chi connectivity index (χ3n) is 3.27. The first kappa shape index (κ1) is 13.6. The lowest BCUT2D eigenvalue weighted by atomic mass is 10.1. The number of fused-ring (bicyclic) bond motifs is 1. The molecule has 1 atom stereocenters. The number of nitrogens with zero attached hydrogens (tertiary/aromatic N) is 2. The van der Waals surface area contributed by atoms with Gasteiger partial charge >= 0.3 is 0 Å². The van der Waals surface area contributed by atoms with E-state index in [1.807, 2.05) is 41.9 Å². The van der Waals surface area contributed by atoms with Crippen molar-refractivity contribution in [3.8, 4) is 5.75 Å². The minimum absolute atomic E-state index is 0.202. The molecular formula is C16H16FN3O. The largest absolute Gasteiger partial charge is 0.484 e. The minimum Gasteiger partial charge on any atom is -0.484 e. The number of imidazole rings is 1. The second kappa shape index (κ2) is 5.54. The molecule has 0 bridgehead atoms. The average Bonchev–Trinajstić information content (AvgIpc) is 2.88. The quantitative estimate of drug-likeness (QED) is 0.801. The van der Waals surface area contributed by atoms with E-state index < -0.39 is 5.82 Å². The molecule has 2 N–H and O–H groups in total. The number of aromatic nitrogens is 2. The summed E-state index contributed by atoms with van der Waals surface area (Å²) in [5.41, 5.74) is 8.05. The van der Waals surface area contributed by atoms with Crippen LogP contribution in [0, 0.1) is 5.82 Å².